The molecular formula is C20H22ClFN6O. The molecule has 0 aromatic carbocycles. The molecule has 4 rings (SSSR count). The molecule has 0 spiro atoms. The molecule has 0 radical (unpaired) electrons. The van der Waals surface area contributed by atoms with Crippen molar-refractivity contribution in [2.75, 3.05) is 12.4 Å². The number of carbonyl (C=O) groups is 1. The van der Waals surface area contributed by atoms with Gasteiger partial charge in [0, 0.05) is 41.8 Å². The molecule has 7 nitrogen and oxygen atoms in total. The summed E-state index contributed by atoms with van der Waals surface area (Å²) in [6.45, 7) is 1.95. The fourth-order valence-corrected chi connectivity index (χ4v) is 4.23. The molecule has 0 saturated heterocycles. The Morgan fingerprint density at radius 1 is 1.38 bits per heavy atom. The number of rotatable bonds is 4. The molecule has 1 saturated carbocycles. The van der Waals surface area contributed by atoms with Gasteiger partial charge in [-0.05, 0) is 25.3 Å². The molecule has 3 aromatic rings. The van der Waals surface area contributed by atoms with Crippen LogP contribution in [0, 0.1) is 11.2 Å². The van der Waals surface area contributed by atoms with E-state index in [0.717, 1.165) is 30.8 Å². The predicted molar refractivity (Wildman–Crippen MR) is 110 cm³/mol. The number of hydrogen-bond donors (Lipinski definition) is 3. The molecule has 1 aliphatic carbocycles. The number of nitrogens with one attached hydrogen (secondary N) is 3. The standard InChI is InChI=1S/C20H22ClFN6O/c1-20(19(29)23-2)5-3-4-12(7-20)27-18-15(22)10-26-17(28-18)14-9-25-16-13(14)6-11(21)8-24-16/h6,8-10,12H,3-5,7H2,1-2H3,(H,23,29)(H,24,25)(H,26,27,28)/t12-,20+/m0/s1. The lowest BCUT2D eigenvalue weighted by molar-refractivity contribution is -0.131. The number of H-pyrrole nitrogens is 1. The van der Waals surface area contributed by atoms with E-state index in [1.807, 2.05) is 6.92 Å². The number of pyridine rings is 1. The summed E-state index contributed by atoms with van der Waals surface area (Å²) >= 11 is 6.06. The van der Waals surface area contributed by atoms with E-state index in [4.69, 9.17) is 11.6 Å². The minimum Gasteiger partial charge on any atom is -0.365 e. The van der Waals surface area contributed by atoms with Crippen molar-refractivity contribution in [3.05, 3.63) is 35.5 Å². The fourth-order valence-electron chi connectivity index (χ4n) is 4.07. The first-order valence-corrected chi connectivity index (χ1v) is 9.92. The van der Waals surface area contributed by atoms with Gasteiger partial charge in [-0.1, -0.05) is 24.9 Å². The van der Waals surface area contributed by atoms with Crippen LogP contribution in [0.25, 0.3) is 22.4 Å². The van der Waals surface area contributed by atoms with Gasteiger partial charge in [0.15, 0.2) is 17.5 Å². The largest absolute Gasteiger partial charge is 0.365 e. The van der Waals surface area contributed by atoms with Crippen LogP contribution in [-0.2, 0) is 4.79 Å². The van der Waals surface area contributed by atoms with E-state index in [-0.39, 0.29) is 17.8 Å². The average Bonchev–Trinajstić information content (AvgIpc) is 3.12. The van der Waals surface area contributed by atoms with Crippen LogP contribution < -0.4 is 10.6 Å². The molecule has 9 heteroatoms. The third-order valence-electron chi connectivity index (χ3n) is 5.58. The van der Waals surface area contributed by atoms with Crippen LogP contribution in [-0.4, -0.2) is 38.9 Å². The van der Waals surface area contributed by atoms with Gasteiger partial charge in [0.2, 0.25) is 5.91 Å². The van der Waals surface area contributed by atoms with Gasteiger partial charge in [-0.15, -0.1) is 0 Å². The van der Waals surface area contributed by atoms with Gasteiger partial charge in [0.1, 0.15) is 5.65 Å². The van der Waals surface area contributed by atoms with E-state index >= 15 is 0 Å². The summed E-state index contributed by atoms with van der Waals surface area (Å²) in [5, 5.41) is 7.18. The lowest BCUT2D eigenvalue weighted by Gasteiger charge is -2.37. The van der Waals surface area contributed by atoms with Gasteiger partial charge < -0.3 is 15.6 Å². The van der Waals surface area contributed by atoms with Crippen LogP contribution in [0.5, 0.6) is 0 Å². The molecule has 3 N–H and O–H groups in total. The number of carbonyl (C=O) groups excluding carboxylic acids is 1. The molecule has 1 aliphatic rings. The lowest BCUT2D eigenvalue weighted by Crippen LogP contribution is -2.43. The second-order valence-electron chi connectivity index (χ2n) is 7.72. The minimum atomic E-state index is -0.531. The van der Waals surface area contributed by atoms with Crippen molar-refractivity contribution in [1.29, 1.82) is 0 Å². The third kappa shape index (κ3) is 3.76. The first-order chi connectivity index (χ1) is 13.9. The molecule has 1 amide bonds. The quantitative estimate of drug-likeness (QED) is 0.599. The maximum atomic E-state index is 14.5. The van der Waals surface area contributed by atoms with E-state index in [1.165, 1.54) is 0 Å². The minimum absolute atomic E-state index is 0.0102. The molecule has 1 fully saturated rings. The van der Waals surface area contributed by atoms with Crippen molar-refractivity contribution >= 4 is 34.4 Å². The Balaban J connectivity index is 1.62. The van der Waals surface area contributed by atoms with Gasteiger partial charge in [-0.2, -0.15) is 0 Å². The Labute approximate surface area is 172 Å². The van der Waals surface area contributed by atoms with Crippen LogP contribution >= 0.6 is 11.6 Å². The van der Waals surface area contributed by atoms with E-state index in [1.54, 1.807) is 25.5 Å². The highest BCUT2D eigenvalue weighted by Gasteiger charge is 2.38. The van der Waals surface area contributed by atoms with Gasteiger partial charge in [-0.3, -0.25) is 4.79 Å². The zero-order valence-corrected chi connectivity index (χ0v) is 17.0. The molecule has 152 valence electrons. The lowest BCUT2D eigenvalue weighted by atomic mass is 9.73. The summed E-state index contributed by atoms with van der Waals surface area (Å²) in [6.07, 6.45) is 7.58. The van der Waals surface area contributed by atoms with Crippen LogP contribution in [0.1, 0.15) is 32.6 Å². The summed E-state index contributed by atoms with van der Waals surface area (Å²) in [5.41, 5.74) is 0.869. The molecule has 0 bridgehead atoms. The molecular weight excluding hydrogens is 395 g/mol. The van der Waals surface area contributed by atoms with Crippen LogP contribution in [0.4, 0.5) is 10.2 Å². The number of anilines is 1. The molecule has 3 heterocycles. The number of hydrogen-bond acceptors (Lipinski definition) is 5. The highest BCUT2D eigenvalue weighted by Crippen LogP contribution is 2.37. The normalized spacial score (nSPS) is 21.9. The van der Waals surface area contributed by atoms with Crippen molar-refractivity contribution in [3.8, 4) is 11.4 Å². The van der Waals surface area contributed by atoms with Crippen LogP contribution in [0.2, 0.25) is 5.02 Å². The molecule has 0 aliphatic heterocycles. The summed E-state index contributed by atoms with van der Waals surface area (Å²) < 4.78 is 14.5. The molecule has 2 atom stereocenters. The number of amides is 1. The average molecular weight is 417 g/mol. The number of halogens is 2. The predicted octanol–water partition coefficient (Wildman–Crippen LogP) is 3.92. The summed E-state index contributed by atoms with van der Waals surface area (Å²) in [5.74, 6) is -0.0208. The highest BCUT2D eigenvalue weighted by molar-refractivity contribution is 6.31. The van der Waals surface area contributed by atoms with E-state index in [2.05, 4.69) is 30.6 Å². The second kappa shape index (κ2) is 7.59. The van der Waals surface area contributed by atoms with Crippen molar-refractivity contribution in [3.63, 3.8) is 0 Å². The first-order valence-electron chi connectivity index (χ1n) is 9.54. The molecule has 3 aromatic heterocycles. The number of aromatic amines is 1. The fraction of sp³-hybridized carbons (Fsp3) is 0.400. The summed E-state index contributed by atoms with van der Waals surface area (Å²) in [6, 6.07) is 1.72. The van der Waals surface area contributed by atoms with E-state index in [9.17, 15) is 9.18 Å². The van der Waals surface area contributed by atoms with Gasteiger partial charge >= 0.3 is 0 Å². The third-order valence-corrected chi connectivity index (χ3v) is 5.78. The van der Waals surface area contributed by atoms with Gasteiger partial charge in [-0.25, -0.2) is 19.3 Å². The van der Waals surface area contributed by atoms with Crippen molar-refractivity contribution in [2.24, 2.45) is 5.41 Å². The van der Waals surface area contributed by atoms with Crippen molar-refractivity contribution in [1.82, 2.24) is 25.3 Å². The second-order valence-corrected chi connectivity index (χ2v) is 8.16. The topological polar surface area (TPSA) is 95.6 Å². The Morgan fingerprint density at radius 2 is 2.21 bits per heavy atom. The van der Waals surface area contributed by atoms with Crippen LogP contribution in [0.15, 0.2) is 24.7 Å². The Morgan fingerprint density at radius 3 is 3.00 bits per heavy atom. The summed E-state index contributed by atoms with van der Waals surface area (Å²) in [7, 11) is 1.64. The maximum Gasteiger partial charge on any atom is 0.225 e. The molecule has 0 unspecified atom stereocenters. The number of aromatic nitrogens is 4. The number of fused-ring (bicyclic) bond motifs is 1. The van der Waals surface area contributed by atoms with Crippen molar-refractivity contribution < 1.29 is 9.18 Å². The Bertz CT molecular complexity index is 1070. The zero-order chi connectivity index (χ0) is 20.6. The smallest absolute Gasteiger partial charge is 0.225 e. The van der Waals surface area contributed by atoms with Crippen molar-refractivity contribution in [2.45, 2.75) is 38.6 Å². The van der Waals surface area contributed by atoms with Gasteiger partial charge in [0.25, 0.3) is 0 Å². The monoisotopic (exact) mass is 416 g/mol. The van der Waals surface area contributed by atoms with E-state index < -0.39 is 11.2 Å². The first kappa shape index (κ1) is 19.6. The Kier molecular flexibility index (Phi) is 5.12. The number of nitrogens with zero attached hydrogens (tertiary/aromatic N) is 3. The Hall–Kier alpha value is -2.74. The van der Waals surface area contributed by atoms with E-state index in [0.29, 0.717) is 28.5 Å². The molecule has 29 heavy (non-hydrogen) atoms. The zero-order valence-electron chi connectivity index (χ0n) is 16.2. The SMILES string of the molecule is CNC(=O)[C@]1(C)CCC[C@H](Nc2nc(-c3c[nH]c4ncc(Cl)cc34)ncc2F)C1. The highest BCUT2D eigenvalue weighted by atomic mass is 35.5. The summed E-state index contributed by atoms with van der Waals surface area (Å²) in [4.78, 5) is 28.1. The maximum absolute atomic E-state index is 14.5. The van der Waals surface area contributed by atoms with Crippen LogP contribution in [0.3, 0.4) is 0 Å². The van der Waals surface area contributed by atoms with Gasteiger partial charge in [0.05, 0.1) is 11.2 Å².